The van der Waals surface area contributed by atoms with E-state index in [1.54, 1.807) is 0 Å². The Balaban J connectivity index is 1.77. The number of hydrogen-bond acceptors (Lipinski definition) is 2. The highest BCUT2D eigenvalue weighted by atomic mass is 35.5. The van der Waals surface area contributed by atoms with Crippen molar-refractivity contribution in [3.63, 3.8) is 0 Å². The van der Waals surface area contributed by atoms with Crippen molar-refractivity contribution in [3.05, 3.63) is 41.6 Å². The molecule has 2 heterocycles. The minimum absolute atomic E-state index is 0.302. The molecule has 0 bridgehead atoms. The molecule has 2 nitrogen and oxygen atoms in total. The van der Waals surface area contributed by atoms with Gasteiger partial charge in [-0.2, -0.15) is 0 Å². The molecule has 1 atom stereocenters. The Morgan fingerprint density at radius 1 is 1.29 bits per heavy atom. The number of nitrogens with zero attached hydrogens (tertiary/aromatic N) is 2. The summed E-state index contributed by atoms with van der Waals surface area (Å²) in [5, 5.41) is 1.59. The fourth-order valence-corrected chi connectivity index (χ4v) is 3.59. The van der Waals surface area contributed by atoms with Gasteiger partial charge in [0.15, 0.2) is 0 Å². The van der Waals surface area contributed by atoms with Crippen LogP contribution in [0.1, 0.15) is 31.0 Å². The van der Waals surface area contributed by atoms with Crippen LogP contribution < -0.4 is 0 Å². The predicted molar refractivity (Wildman–Crippen MR) is 89.8 cm³/mol. The third-order valence-electron chi connectivity index (χ3n) is 4.61. The van der Waals surface area contributed by atoms with E-state index in [-0.39, 0.29) is 0 Å². The topological polar surface area (TPSA) is 16.1 Å². The van der Waals surface area contributed by atoms with Gasteiger partial charge in [0.25, 0.3) is 0 Å². The van der Waals surface area contributed by atoms with E-state index in [2.05, 4.69) is 54.1 Å². The van der Waals surface area contributed by atoms with E-state index in [0.29, 0.717) is 11.3 Å². The van der Waals surface area contributed by atoms with E-state index < -0.39 is 0 Å². The number of benzene rings is 1. The Labute approximate surface area is 132 Å². The zero-order valence-corrected chi connectivity index (χ0v) is 13.6. The number of likely N-dealkylation sites (tertiary alicyclic amines) is 1. The number of pyridine rings is 1. The molecule has 0 spiro atoms. The van der Waals surface area contributed by atoms with E-state index in [1.807, 2.05) is 0 Å². The van der Waals surface area contributed by atoms with Gasteiger partial charge >= 0.3 is 0 Å². The molecule has 0 radical (unpaired) electrons. The molecule has 1 aromatic heterocycles. The smallest absolute Gasteiger partial charge is 0.0708 e. The Morgan fingerprint density at radius 3 is 2.71 bits per heavy atom. The van der Waals surface area contributed by atoms with E-state index >= 15 is 0 Å². The van der Waals surface area contributed by atoms with Gasteiger partial charge in [-0.3, -0.25) is 9.88 Å². The lowest BCUT2D eigenvalue weighted by molar-refractivity contribution is 0.177. The summed E-state index contributed by atoms with van der Waals surface area (Å²) in [5.41, 5.74) is 3.61. The van der Waals surface area contributed by atoms with Crippen molar-refractivity contribution in [1.29, 1.82) is 0 Å². The summed E-state index contributed by atoms with van der Waals surface area (Å²) in [5.74, 6) is 0.679. The summed E-state index contributed by atoms with van der Waals surface area (Å²) in [6, 6.07) is 10.7. The molecule has 0 aliphatic carbocycles. The van der Waals surface area contributed by atoms with Gasteiger partial charge in [-0.1, -0.05) is 18.2 Å². The number of halogens is 1. The molecule has 2 aromatic rings. The van der Waals surface area contributed by atoms with Crippen LogP contribution in [0, 0.1) is 12.8 Å². The average molecular weight is 303 g/mol. The molecule has 1 aromatic carbocycles. The van der Waals surface area contributed by atoms with Gasteiger partial charge < -0.3 is 0 Å². The first-order valence-corrected chi connectivity index (χ1v) is 8.29. The minimum Gasteiger partial charge on any atom is -0.299 e. The van der Waals surface area contributed by atoms with Crippen LogP contribution in [-0.4, -0.2) is 28.4 Å². The second kappa shape index (κ2) is 6.33. The van der Waals surface area contributed by atoms with Crippen molar-refractivity contribution in [2.45, 2.75) is 38.6 Å². The van der Waals surface area contributed by atoms with Crippen LogP contribution in [-0.2, 0) is 6.54 Å². The van der Waals surface area contributed by atoms with Crippen molar-refractivity contribution < 1.29 is 0 Å². The van der Waals surface area contributed by atoms with Gasteiger partial charge in [0, 0.05) is 23.0 Å². The van der Waals surface area contributed by atoms with Crippen LogP contribution in [0.5, 0.6) is 0 Å². The van der Waals surface area contributed by atoms with E-state index in [9.17, 15) is 0 Å². The summed E-state index contributed by atoms with van der Waals surface area (Å²) < 4.78 is 0. The molecule has 0 amide bonds. The molecule has 0 N–H and O–H groups in total. The van der Waals surface area contributed by atoms with E-state index in [1.165, 1.54) is 23.8 Å². The molecule has 21 heavy (non-hydrogen) atoms. The Bertz CT molecular complexity index is 616. The number of hydrogen-bond donors (Lipinski definition) is 0. The average Bonchev–Trinajstić information content (AvgIpc) is 2.47. The van der Waals surface area contributed by atoms with Gasteiger partial charge in [-0.05, 0) is 63.4 Å². The molecule has 1 fully saturated rings. The van der Waals surface area contributed by atoms with Crippen molar-refractivity contribution in [1.82, 2.24) is 9.88 Å². The number of piperidine rings is 1. The van der Waals surface area contributed by atoms with Crippen LogP contribution in [0.15, 0.2) is 30.3 Å². The highest BCUT2D eigenvalue weighted by molar-refractivity contribution is 6.20. The monoisotopic (exact) mass is 302 g/mol. The molecule has 1 unspecified atom stereocenters. The summed E-state index contributed by atoms with van der Waals surface area (Å²) in [6.07, 6.45) is 2.43. The molecular formula is C18H23ClN2. The number of para-hydroxylation sites is 1. The third kappa shape index (κ3) is 3.38. The van der Waals surface area contributed by atoms with E-state index in [4.69, 9.17) is 11.6 Å². The van der Waals surface area contributed by atoms with Crippen LogP contribution >= 0.6 is 11.6 Å². The molecule has 1 aliphatic heterocycles. The van der Waals surface area contributed by atoms with Crippen molar-refractivity contribution in [2.75, 3.05) is 13.1 Å². The zero-order chi connectivity index (χ0) is 14.8. The molecule has 112 valence electrons. The first-order chi connectivity index (χ1) is 10.1. The lowest BCUT2D eigenvalue weighted by Crippen LogP contribution is -2.35. The predicted octanol–water partition coefficient (Wildman–Crippen LogP) is 4.38. The maximum absolute atomic E-state index is 6.24. The molecule has 3 rings (SSSR count). The first kappa shape index (κ1) is 14.8. The van der Waals surface area contributed by atoms with Crippen molar-refractivity contribution >= 4 is 22.5 Å². The summed E-state index contributed by atoms with van der Waals surface area (Å²) in [6.45, 7) is 7.53. The lowest BCUT2D eigenvalue weighted by atomic mass is 9.93. The van der Waals surface area contributed by atoms with Gasteiger partial charge in [-0.25, -0.2) is 0 Å². The Hall–Kier alpha value is -1.12. The van der Waals surface area contributed by atoms with Crippen LogP contribution in [0.2, 0.25) is 0 Å². The number of aryl methyl sites for hydroxylation is 1. The van der Waals surface area contributed by atoms with Crippen LogP contribution in [0.25, 0.3) is 10.9 Å². The largest absolute Gasteiger partial charge is 0.299 e. The maximum atomic E-state index is 6.24. The molecule has 0 saturated carbocycles. The number of alkyl halides is 1. The van der Waals surface area contributed by atoms with Gasteiger partial charge in [0.1, 0.15) is 0 Å². The van der Waals surface area contributed by atoms with Crippen molar-refractivity contribution in [3.8, 4) is 0 Å². The highest BCUT2D eigenvalue weighted by Gasteiger charge is 2.22. The zero-order valence-electron chi connectivity index (χ0n) is 12.8. The van der Waals surface area contributed by atoms with Crippen LogP contribution in [0.3, 0.4) is 0 Å². The highest BCUT2D eigenvalue weighted by Crippen LogP contribution is 2.26. The summed E-state index contributed by atoms with van der Waals surface area (Å²) in [4.78, 5) is 7.18. The quantitative estimate of drug-likeness (QED) is 0.782. The molecular weight excluding hydrogens is 280 g/mol. The molecule has 1 saturated heterocycles. The molecule has 1 aliphatic rings. The number of fused-ring (bicyclic) bond motifs is 1. The fraction of sp³-hybridized carbons (Fsp3) is 0.500. The number of rotatable bonds is 3. The Morgan fingerprint density at radius 2 is 2.00 bits per heavy atom. The lowest BCUT2D eigenvalue weighted by Gasteiger charge is -2.33. The normalized spacial score (nSPS) is 19.0. The van der Waals surface area contributed by atoms with Crippen molar-refractivity contribution in [2.24, 2.45) is 5.92 Å². The molecule has 3 heteroatoms. The summed E-state index contributed by atoms with van der Waals surface area (Å²) >= 11 is 6.24. The second-order valence-electron chi connectivity index (χ2n) is 6.23. The number of aromatic nitrogens is 1. The standard InChI is InChI=1S/C18H23ClN2/c1-13-11-16(17-5-3-4-6-18(17)20-13)12-21-9-7-15(8-10-21)14(2)19/h3-6,11,14-15H,7-10,12H2,1-2H3. The van der Waals surface area contributed by atoms with E-state index in [0.717, 1.165) is 30.8 Å². The fourth-order valence-electron chi connectivity index (χ4n) is 3.34. The minimum atomic E-state index is 0.302. The van der Waals surface area contributed by atoms with Gasteiger partial charge in [-0.15, -0.1) is 11.6 Å². The maximum Gasteiger partial charge on any atom is 0.0708 e. The first-order valence-electron chi connectivity index (χ1n) is 7.85. The van der Waals surface area contributed by atoms with Crippen LogP contribution in [0.4, 0.5) is 0 Å². The van der Waals surface area contributed by atoms with Gasteiger partial charge in [0.05, 0.1) is 5.52 Å². The summed E-state index contributed by atoms with van der Waals surface area (Å²) in [7, 11) is 0. The Kier molecular flexibility index (Phi) is 4.46. The second-order valence-corrected chi connectivity index (χ2v) is 6.92. The SMILES string of the molecule is Cc1cc(CN2CCC(C(C)Cl)CC2)c2ccccc2n1. The van der Waals surface area contributed by atoms with Gasteiger partial charge in [0.2, 0.25) is 0 Å². The third-order valence-corrected chi connectivity index (χ3v) is 4.96.